The first-order chi connectivity index (χ1) is 9.22. The van der Waals surface area contributed by atoms with Gasteiger partial charge in [-0.1, -0.05) is 13.8 Å². The Labute approximate surface area is 113 Å². The molecule has 2 aromatic rings. The zero-order valence-electron chi connectivity index (χ0n) is 11.5. The van der Waals surface area contributed by atoms with Crippen LogP contribution in [0.2, 0.25) is 0 Å². The van der Waals surface area contributed by atoms with Gasteiger partial charge in [-0.15, -0.1) is 0 Å². The van der Waals surface area contributed by atoms with Gasteiger partial charge in [0.05, 0.1) is 0 Å². The molecule has 3 heterocycles. The van der Waals surface area contributed by atoms with E-state index in [9.17, 15) is 0 Å². The molecule has 1 aliphatic heterocycles. The van der Waals surface area contributed by atoms with Crippen molar-refractivity contribution in [2.24, 2.45) is 5.92 Å². The van der Waals surface area contributed by atoms with Crippen LogP contribution in [0.4, 0.5) is 6.01 Å². The second-order valence-corrected chi connectivity index (χ2v) is 5.50. The van der Waals surface area contributed by atoms with Crippen molar-refractivity contribution in [3.05, 3.63) is 18.3 Å². The molecule has 0 N–H and O–H groups in total. The molecule has 1 fully saturated rings. The lowest BCUT2D eigenvalue weighted by Crippen LogP contribution is -2.47. The SMILES string of the molecule is CC(C)CN1CCN(c2nc3ncccc3o2)CC1. The molecule has 1 saturated heterocycles. The highest BCUT2D eigenvalue weighted by atomic mass is 16.4. The van der Waals surface area contributed by atoms with Gasteiger partial charge in [0, 0.05) is 38.9 Å². The molecule has 0 radical (unpaired) electrons. The Balaban J connectivity index is 1.68. The molecule has 19 heavy (non-hydrogen) atoms. The summed E-state index contributed by atoms with van der Waals surface area (Å²) in [7, 11) is 0. The molecule has 2 aromatic heterocycles. The number of fused-ring (bicyclic) bond motifs is 1. The third-order valence-corrected chi connectivity index (χ3v) is 3.42. The van der Waals surface area contributed by atoms with E-state index in [1.807, 2.05) is 12.1 Å². The van der Waals surface area contributed by atoms with Gasteiger partial charge in [-0.2, -0.15) is 4.98 Å². The Morgan fingerprint density at radius 3 is 2.74 bits per heavy atom. The Bertz CT molecular complexity index is 510. The minimum absolute atomic E-state index is 0.696. The Kier molecular flexibility index (Phi) is 3.38. The molecule has 0 saturated carbocycles. The zero-order chi connectivity index (χ0) is 13.2. The van der Waals surface area contributed by atoms with Crippen molar-refractivity contribution in [3.63, 3.8) is 0 Å². The Morgan fingerprint density at radius 1 is 1.26 bits per heavy atom. The number of piperazine rings is 1. The molecule has 5 nitrogen and oxygen atoms in total. The number of hydrogen-bond donors (Lipinski definition) is 0. The maximum Gasteiger partial charge on any atom is 0.300 e. The van der Waals surface area contributed by atoms with E-state index in [4.69, 9.17) is 4.42 Å². The van der Waals surface area contributed by atoms with Crippen molar-refractivity contribution in [1.82, 2.24) is 14.9 Å². The smallest absolute Gasteiger partial charge is 0.300 e. The van der Waals surface area contributed by atoms with Gasteiger partial charge in [-0.05, 0) is 18.1 Å². The van der Waals surface area contributed by atoms with Crippen LogP contribution in [-0.4, -0.2) is 47.6 Å². The van der Waals surface area contributed by atoms with E-state index in [1.165, 1.54) is 6.54 Å². The fraction of sp³-hybridized carbons (Fsp3) is 0.571. The van der Waals surface area contributed by atoms with E-state index < -0.39 is 0 Å². The lowest BCUT2D eigenvalue weighted by molar-refractivity contribution is 0.228. The number of nitrogens with zero attached hydrogens (tertiary/aromatic N) is 4. The van der Waals surface area contributed by atoms with Crippen molar-refractivity contribution in [3.8, 4) is 0 Å². The van der Waals surface area contributed by atoms with Crippen LogP contribution in [0.5, 0.6) is 0 Å². The second-order valence-electron chi connectivity index (χ2n) is 5.50. The molecule has 0 bridgehead atoms. The molecule has 0 amide bonds. The van der Waals surface area contributed by atoms with Gasteiger partial charge in [0.25, 0.3) is 6.01 Å². The highest BCUT2D eigenvalue weighted by Gasteiger charge is 2.21. The third kappa shape index (κ3) is 2.71. The van der Waals surface area contributed by atoms with E-state index in [-0.39, 0.29) is 0 Å². The summed E-state index contributed by atoms with van der Waals surface area (Å²) in [6, 6.07) is 4.49. The number of pyridine rings is 1. The number of aromatic nitrogens is 2. The van der Waals surface area contributed by atoms with Crippen LogP contribution in [-0.2, 0) is 0 Å². The first-order valence-corrected chi connectivity index (χ1v) is 6.91. The minimum atomic E-state index is 0.696. The van der Waals surface area contributed by atoms with Crippen LogP contribution in [0.1, 0.15) is 13.8 Å². The van der Waals surface area contributed by atoms with Gasteiger partial charge in [0.2, 0.25) is 5.65 Å². The normalized spacial score (nSPS) is 17.5. The second kappa shape index (κ2) is 5.17. The van der Waals surface area contributed by atoms with Gasteiger partial charge in [-0.25, -0.2) is 4.98 Å². The first-order valence-electron chi connectivity index (χ1n) is 6.91. The fourth-order valence-electron chi connectivity index (χ4n) is 2.53. The molecule has 0 aromatic carbocycles. The summed E-state index contributed by atoms with van der Waals surface area (Å²) in [5.41, 5.74) is 1.46. The maximum absolute atomic E-state index is 5.76. The van der Waals surface area contributed by atoms with E-state index in [2.05, 4.69) is 33.6 Å². The lowest BCUT2D eigenvalue weighted by atomic mass is 10.2. The molecule has 1 aliphatic rings. The standard InChI is InChI=1S/C14H20N4O/c1-11(2)10-17-6-8-18(9-7-17)14-16-13-12(19-14)4-3-5-15-13/h3-5,11H,6-10H2,1-2H3. The summed E-state index contributed by atoms with van der Waals surface area (Å²) in [6.45, 7) is 9.79. The van der Waals surface area contributed by atoms with Crippen molar-refractivity contribution in [2.75, 3.05) is 37.6 Å². The van der Waals surface area contributed by atoms with Gasteiger partial charge in [-0.3, -0.25) is 4.90 Å². The summed E-state index contributed by atoms with van der Waals surface area (Å²) in [6.07, 6.45) is 1.75. The van der Waals surface area contributed by atoms with Crippen molar-refractivity contribution in [1.29, 1.82) is 0 Å². The third-order valence-electron chi connectivity index (χ3n) is 3.42. The van der Waals surface area contributed by atoms with Gasteiger partial charge >= 0.3 is 0 Å². The number of hydrogen-bond acceptors (Lipinski definition) is 5. The molecular formula is C14H20N4O. The average molecular weight is 260 g/mol. The van der Waals surface area contributed by atoms with E-state index in [0.29, 0.717) is 11.7 Å². The van der Waals surface area contributed by atoms with Crippen LogP contribution >= 0.6 is 0 Å². The maximum atomic E-state index is 5.76. The molecule has 0 aliphatic carbocycles. The zero-order valence-corrected chi connectivity index (χ0v) is 11.5. The summed E-state index contributed by atoms with van der Waals surface area (Å²) in [5.74, 6) is 0.722. The summed E-state index contributed by atoms with van der Waals surface area (Å²) < 4.78 is 5.76. The fourth-order valence-corrected chi connectivity index (χ4v) is 2.53. The largest absolute Gasteiger partial charge is 0.422 e. The van der Waals surface area contributed by atoms with Crippen LogP contribution in [0.25, 0.3) is 11.2 Å². The molecule has 0 unspecified atom stereocenters. The predicted molar refractivity (Wildman–Crippen MR) is 75.3 cm³/mol. The first kappa shape index (κ1) is 12.4. The number of oxazole rings is 1. The van der Waals surface area contributed by atoms with Crippen LogP contribution < -0.4 is 4.90 Å². The Morgan fingerprint density at radius 2 is 2.05 bits per heavy atom. The van der Waals surface area contributed by atoms with Crippen molar-refractivity contribution < 1.29 is 4.42 Å². The molecule has 3 rings (SSSR count). The minimum Gasteiger partial charge on any atom is -0.422 e. The van der Waals surface area contributed by atoms with E-state index >= 15 is 0 Å². The number of rotatable bonds is 3. The lowest BCUT2D eigenvalue weighted by Gasteiger charge is -2.34. The number of anilines is 1. The summed E-state index contributed by atoms with van der Waals surface area (Å²) in [4.78, 5) is 13.4. The van der Waals surface area contributed by atoms with Crippen LogP contribution in [0.15, 0.2) is 22.7 Å². The molecule has 0 spiro atoms. The molecule has 102 valence electrons. The van der Waals surface area contributed by atoms with Crippen molar-refractivity contribution >= 4 is 17.2 Å². The summed E-state index contributed by atoms with van der Waals surface area (Å²) >= 11 is 0. The Hall–Kier alpha value is -1.62. The topological polar surface area (TPSA) is 45.4 Å². The van der Waals surface area contributed by atoms with Crippen molar-refractivity contribution in [2.45, 2.75) is 13.8 Å². The van der Waals surface area contributed by atoms with E-state index in [0.717, 1.165) is 37.7 Å². The summed E-state index contributed by atoms with van der Waals surface area (Å²) in [5, 5.41) is 0. The molecular weight excluding hydrogens is 240 g/mol. The average Bonchev–Trinajstić information content (AvgIpc) is 2.82. The molecule has 5 heteroatoms. The van der Waals surface area contributed by atoms with Gasteiger partial charge < -0.3 is 9.32 Å². The van der Waals surface area contributed by atoms with Gasteiger partial charge in [0.15, 0.2) is 5.58 Å². The highest BCUT2D eigenvalue weighted by molar-refractivity contribution is 5.69. The monoisotopic (exact) mass is 260 g/mol. The van der Waals surface area contributed by atoms with Crippen LogP contribution in [0.3, 0.4) is 0 Å². The van der Waals surface area contributed by atoms with Crippen LogP contribution in [0, 0.1) is 5.92 Å². The highest BCUT2D eigenvalue weighted by Crippen LogP contribution is 2.21. The van der Waals surface area contributed by atoms with Gasteiger partial charge in [0.1, 0.15) is 0 Å². The van der Waals surface area contributed by atoms with E-state index in [1.54, 1.807) is 6.20 Å². The quantitative estimate of drug-likeness (QED) is 0.844. The predicted octanol–water partition coefficient (Wildman–Crippen LogP) is 2.00. The molecule has 0 atom stereocenters.